The Balaban J connectivity index is 1.63. The van der Waals surface area contributed by atoms with Crippen LogP contribution >= 0.6 is 0 Å². The zero-order valence-electron chi connectivity index (χ0n) is 13.0. The van der Waals surface area contributed by atoms with Crippen molar-refractivity contribution >= 4 is 16.9 Å². The van der Waals surface area contributed by atoms with Gasteiger partial charge in [0.1, 0.15) is 11.3 Å². The maximum absolute atomic E-state index is 12.2. The number of amides is 1. The number of carbonyl (C=O) groups is 1. The number of hydrogen-bond donors (Lipinski definition) is 2. The normalized spacial score (nSPS) is 12.3. The second kappa shape index (κ2) is 7.31. The summed E-state index contributed by atoms with van der Waals surface area (Å²) < 4.78 is 34.2. The molecule has 2 N–H and O–H groups in total. The topological polar surface area (TPSA) is 71.7 Å². The molecule has 0 spiro atoms. The van der Waals surface area contributed by atoms with Gasteiger partial charge in [-0.2, -0.15) is 8.78 Å². The number of benzene rings is 2. The molecule has 130 valence electrons. The van der Waals surface area contributed by atoms with Crippen LogP contribution < -0.4 is 10.1 Å². The molecule has 5 nitrogen and oxygen atoms in total. The summed E-state index contributed by atoms with van der Waals surface area (Å²) in [7, 11) is 0. The number of rotatable bonds is 6. The highest BCUT2D eigenvalue weighted by molar-refractivity contribution is 5.96. The molecule has 1 unspecified atom stereocenters. The number of furan rings is 1. The van der Waals surface area contributed by atoms with Crippen molar-refractivity contribution in [2.75, 3.05) is 6.54 Å². The van der Waals surface area contributed by atoms with Crippen LogP contribution in [-0.2, 0) is 0 Å². The van der Waals surface area contributed by atoms with Gasteiger partial charge < -0.3 is 19.6 Å². The van der Waals surface area contributed by atoms with Crippen LogP contribution in [0, 0.1) is 0 Å². The van der Waals surface area contributed by atoms with Gasteiger partial charge in [0.15, 0.2) is 5.76 Å². The minimum atomic E-state index is -2.94. The number of aliphatic hydroxyl groups excluding tert-OH is 1. The van der Waals surface area contributed by atoms with E-state index in [1.165, 1.54) is 18.2 Å². The number of fused-ring (bicyclic) bond motifs is 1. The Labute approximate surface area is 141 Å². The van der Waals surface area contributed by atoms with Crippen molar-refractivity contribution in [3.63, 3.8) is 0 Å². The van der Waals surface area contributed by atoms with E-state index in [1.54, 1.807) is 24.3 Å². The molecule has 1 aromatic heterocycles. The quantitative estimate of drug-likeness (QED) is 0.716. The first kappa shape index (κ1) is 16.9. The van der Waals surface area contributed by atoms with E-state index in [-0.39, 0.29) is 18.1 Å². The number of alkyl halides is 2. The van der Waals surface area contributed by atoms with E-state index in [0.29, 0.717) is 11.1 Å². The van der Waals surface area contributed by atoms with E-state index in [9.17, 15) is 18.7 Å². The molecular weight excluding hydrogens is 332 g/mol. The fourth-order valence-electron chi connectivity index (χ4n) is 2.39. The van der Waals surface area contributed by atoms with Crippen molar-refractivity contribution in [2.45, 2.75) is 12.7 Å². The van der Waals surface area contributed by atoms with Crippen LogP contribution in [0.15, 0.2) is 59.0 Å². The summed E-state index contributed by atoms with van der Waals surface area (Å²) in [5.41, 5.74) is 0.938. The van der Waals surface area contributed by atoms with Crippen LogP contribution in [0.2, 0.25) is 0 Å². The van der Waals surface area contributed by atoms with E-state index in [2.05, 4.69) is 10.1 Å². The van der Waals surface area contributed by atoms with E-state index in [1.807, 2.05) is 12.1 Å². The smallest absolute Gasteiger partial charge is 0.387 e. The van der Waals surface area contributed by atoms with Gasteiger partial charge in [0, 0.05) is 11.9 Å². The first-order valence-corrected chi connectivity index (χ1v) is 7.52. The third-order valence-corrected chi connectivity index (χ3v) is 3.57. The lowest BCUT2D eigenvalue weighted by Crippen LogP contribution is -2.28. The number of hydrogen-bond acceptors (Lipinski definition) is 4. The fourth-order valence-corrected chi connectivity index (χ4v) is 2.39. The van der Waals surface area contributed by atoms with Gasteiger partial charge in [-0.05, 0) is 29.8 Å². The van der Waals surface area contributed by atoms with Gasteiger partial charge in [0.25, 0.3) is 5.91 Å². The molecule has 0 aliphatic heterocycles. The van der Waals surface area contributed by atoms with E-state index < -0.39 is 18.6 Å². The predicted octanol–water partition coefficient (Wildman–Crippen LogP) is 3.50. The standard InChI is InChI=1S/C18H15F2NO4/c19-18(20)24-13-6-3-5-11(8-13)14(22)10-21-17(23)16-9-12-4-1-2-7-15(12)25-16/h1-9,14,18,22H,10H2,(H,21,23). The summed E-state index contributed by atoms with van der Waals surface area (Å²) in [4.78, 5) is 12.1. The van der Waals surface area contributed by atoms with Crippen LogP contribution in [0.25, 0.3) is 11.0 Å². The molecule has 3 rings (SSSR count). The summed E-state index contributed by atoms with van der Waals surface area (Å²) >= 11 is 0. The Kier molecular flexibility index (Phi) is 4.95. The van der Waals surface area contributed by atoms with Crippen molar-refractivity contribution < 1.29 is 27.8 Å². The van der Waals surface area contributed by atoms with Gasteiger partial charge >= 0.3 is 6.61 Å². The predicted molar refractivity (Wildman–Crippen MR) is 86.6 cm³/mol. The summed E-state index contributed by atoms with van der Waals surface area (Å²) in [5.74, 6) is -0.409. The highest BCUT2D eigenvalue weighted by Gasteiger charge is 2.15. The maximum atomic E-state index is 12.2. The van der Waals surface area contributed by atoms with Crippen molar-refractivity contribution in [1.82, 2.24) is 5.32 Å². The highest BCUT2D eigenvalue weighted by atomic mass is 19.3. The van der Waals surface area contributed by atoms with E-state index in [4.69, 9.17) is 4.42 Å². The summed E-state index contributed by atoms with van der Waals surface area (Å²) in [6.07, 6.45) is -1.07. The lowest BCUT2D eigenvalue weighted by atomic mass is 10.1. The van der Waals surface area contributed by atoms with Crippen LogP contribution in [0.4, 0.5) is 8.78 Å². The molecule has 2 aromatic carbocycles. The lowest BCUT2D eigenvalue weighted by Gasteiger charge is -2.13. The van der Waals surface area contributed by atoms with Crippen molar-refractivity contribution in [3.8, 4) is 5.75 Å². The average Bonchev–Trinajstić information content (AvgIpc) is 3.03. The average molecular weight is 347 g/mol. The van der Waals surface area contributed by atoms with Gasteiger partial charge in [0.2, 0.25) is 0 Å². The second-order valence-electron chi connectivity index (χ2n) is 5.33. The molecule has 0 saturated heterocycles. The Morgan fingerprint density at radius 2 is 1.96 bits per heavy atom. The molecule has 0 radical (unpaired) electrons. The third-order valence-electron chi connectivity index (χ3n) is 3.57. The summed E-state index contributed by atoms with van der Waals surface area (Å²) in [5, 5.41) is 13.5. The third kappa shape index (κ3) is 4.13. The monoisotopic (exact) mass is 347 g/mol. The number of aliphatic hydroxyl groups is 1. The van der Waals surface area contributed by atoms with Crippen LogP contribution in [0.5, 0.6) is 5.75 Å². The number of para-hydroxylation sites is 1. The zero-order chi connectivity index (χ0) is 17.8. The minimum Gasteiger partial charge on any atom is -0.451 e. The number of ether oxygens (including phenoxy) is 1. The summed E-state index contributed by atoms with van der Waals surface area (Å²) in [6.45, 7) is -3.05. The Hall–Kier alpha value is -2.93. The molecule has 3 aromatic rings. The zero-order valence-corrected chi connectivity index (χ0v) is 13.0. The Morgan fingerprint density at radius 3 is 2.72 bits per heavy atom. The fraction of sp³-hybridized carbons (Fsp3) is 0.167. The maximum Gasteiger partial charge on any atom is 0.387 e. The van der Waals surface area contributed by atoms with Gasteiger partial charge in [-0.25, -0.2) is 0 Å². The minimum absolute atomic E-state index is 0.0600. The second-order valence-corrected chi connectivity index (χ2v) is 5.33. The van der Waals surface area contributed by atoms with Crippen molar-refractivity contribution in [3.05, 3.63) is 65.9 Å². The largest absolute Gasteiger partial charge is 0.451 e. The van der Waals surface area contributed by atoms with E-state index in [0.717, 1.165) is 5.39 Å². The van der Waals surface area contributed by atoms with Gasteiger partial charge in [-0.15, -0.1) is 0 Å². The first-order valence-electron chi connectivity index (χ1n) is 7.52. The number of halogens is 2. The molecule has 25 heavy (non-hydrogen) atoms. The van der Waals surface area contributed by atoms with Crippen molar-refractivity contribution in [2.24, 2.45) is 0 Å². The van der Waals surface area contributed by atoms with E-state index >= 15 is 0 Å². The number of nitrogens with one attached hydrogen (secondary N) is 1. The van der Waals surface area contributed by atoms with Gasteiger partial charge in [0.05, 0.1) is 6.10 Å². The molecule has 0 aliphatic carbocycles. The Bertz CT molecular complexity index is 845. The van der Waals surface area contributed by atoms with Crippen LogP contribution in [0.1, 0.15) is 22.2 Å². The Morgan fingerprint density at radius 1 is 1.16 bits per heavy atom. The molecule has 1 heterocycles. The molecule has 1 amide bonds. The van der Waals surface area contributed by atoms with Crippen LogP contribution in [0.3, 0.4) is 0 Å². The van der Waals surface area contributed by atoms with Crippen LogP contribution in [-0.4, -0.2) is 24.2 Å². The molecule has 7 heteroatoms. The highest BCUT2D eigenvalue weighted by Crippen LogP contribution is 2.21. The lowest BCUT2D eigenvalue weighted by molar-refractivity contribution is -0.0499. The van der Waals surface area contributed by atoms with Gasteiger partial charge in [-0.3, -0.25) is 4.79 Å². The summed E-state index contributed by atoms with van der Waals surface area (Å²) in [6, 6.07) is 14.5. The molecule has 0 aliphatic rings. The van der Waals surface area contributed by atoms with Gasteiger partial charge in [-0.1, -0.05) is 30.3 Å². The molecule has 0 bridgehead atoms. The number of carbonyl (C=O) groups excluding carboxylic acids is 1. The molecular formula is C18H15F2NO4. The first-order chi connectivity index (χ1) is 12.0. The molecule has 1 atom stereocenters. The SMILES string of the molecule is O=C(NCC(O)c1cccc(OC(F)F)c1)c1cc2ccccc2o1. The molecule has 0 fully saturated rings. The molecule has 0 saturated carbocycles. The van der Waals surface area contributed by atoms with Crippen molar-refractivity contribution in [1.29, 1.82) is 0 Å².